The lowest BCUT2D eigenvalue weighted by Crippen LogP contribution is -2.27. The molecule has 0 fully saturated rings. The van der Waals surface area contributed by atoms with Crippen molar-refractivity contribution >= 4 is 11.8 Å². The van der Waals surface area contributed by atoms with Gasteiger partial charge < -0.3 is 16.0 Å². The number of rotatable bonds is 12. The molecule has 0 aliphatic rings. The molecule has 0 aromatic heterocycles. The second-order valence-corrected chi connectivity index (χ2v) is 4.61. The van der Waals surface area contributed by atoms with Gasteiger partial charge in [-0.05, 0) is 38.8 Å². The molecule has 0 bridgehead atoms. The number of nitrogens with one attached hydrogen (secondary N) is 3. The quantitative estimate of drug-likeness (QED) is 0.467. The lowest BCUT2D eigenvalue weighted by molar-refractivity contribution is -0.121. The summed E-state index contributed by atoms with van der Waals surface area (Å²) in [5.41, 5.74) is 0. The molecule has 112 valence electrons. The van der Waals surface area contributed by atoms with Crippen molar-refractivity contribution in [1.82, 2.24) is 16.0 Å². The maximum absolute atomic E-state index is 11.5. The molecule has 0 unspecified atom stereocenters. The van der Waals surface area contributed by atoms with Gasteiger partial charge >= 0.3 is 0 Å². The van der Waals surface area contributed by atoms with E-state index in [1.165, 1.54) is 0 Å². The fraction of sp³-hybridized carbons (Fsp3) is 0.857. The van der Waals surface area contributed by atoms with Gasteiger partial charge in [0.2, 0.25) is 11.8 Å². The molecule has 0 aliphatic heterocycles. The Hall–Kier alpha value is -1.10. The third-order valence-corrected chi connectivity index (χ3v) is 2.73. The van der Waals surface area contributed by atoms with Crippen LogP contribution in [0.15, 0.2) is 0 Å². The highest BCUT2D eigenvalue weighted by atomic mass is 16.2. The summed E-state index contributed by atoms with van der Waals surface area (Å²) in [4.78, 5) is 22.6. The van der Waals surface area contributed by atoms with Crippen molar-refractivity contribution < 1.29 is 9.59 Å². The topological polar surface area (TPSA) is 70.2 Å². The standard InChI is InChI=1S/C14H29N3O2/c1-3-8-13(18)16-11-6-5-9-14(19)17-12-7-10-15-4-2/h15H,3-12H2,1-2H3,(H,16,18)(H,17,19). The van der Waals surface area contributed by atoms with Crippen LogP contribution in [0, 0.1) is 0 Å². The Morgan fingerprint density at radius 3 is 2.05 bits per heavy atom. The zero-order chi connectivity index (χ0) is 14.3. The highest BCUT2D eigenvalue weighted by Crippen LogP contribution is 1.95. The van der Waals surface area contributed by atoms with Crippen LogP contribution >= 0.6 is 0 Å². The Kier molecular flexibility index (Phi) is 12.6. The average Bonchev–Trinajstić information content (AvgIpc) is 2.38. The van der Waals surface area contributed by atoms with E-state index in [4.69, 9.17) is 0 Å². The second kappa shape index (κ2) is 13.3. The minimum absolute atomic E-state index is 0.107. The molecule has 0 saturated carbocycles. The molecule has 19 heavy (non-hydrogen) atoms. The van der Waals surface area contributed by atoms with E-state index in [0.29, 0.717) is 19.4 Å². The molecule has 0 saturated heterocycles. The Bertz CT molecular complexity index is 245. The molecule has 0 aromatic carbocycles. The van der Waals surface area contributed by atoms with Crippen molar-refractivity contribution in [3.8, 4) is 0 Å². The van der Waals surface area contributed by atoms with Gasteiger partial charge in [-0.15, -0.1) is 0 Å². The van der Waals surface area contributed by atoms with E-state index < -0.39 is 0 Å². The maximum Gasteiger partial charge on any atom is 0.219 e. The van der Waals surface area contributed by atoms with Crippen LogP contribution in [0.3, 0.4) is 0 Å². The van der Waals surface area contributed by atoms with E-state index in [1.54, 1.807) is 0 Å². The molecular formula is C14H29N3O2. The van der Waals surface area contributed by atoms with Gasteiger partial charge in [0.25, 0.3) is 0 Å². The van der Waals surface area contributed by atoms with E-state index in [9.17, 15) is 9.59 Å². The minimum Gasteiger partial charge on any atom is -0.356 e. The SMILES string of the molecule is CCCC(=O)NCCCCC(=O)NCCCNCC. The fourth-order valence-electron chi connectivity index (χ4n) is 1.66. The molecule has 0 radical (unpaired) electrons. The highest BCUT2D eigenvalue weighted by Gasteiger charge is 2.01. The van der Waals surface area contributed by atoms with Crippen LogP contribution in [0.25, 0.3) is 0 Å². The van der Waals surface area contributed by atoms with Crippen LogP contribution in [-0.4, -0.2) is 38.0 Å². The van der Waals surface area contributed by atoms with Crippen LogP contribution in [0.4, 0.5) is 0 Å². The Morgan fingerprint density at radius 1 is 0.789 bits per heavy atom. The average molecular weight is 271 g/mol. The molecule has 5 nitrogen and oxygen atoms in total. The van der Waals surface area contributed by atoms with Gasteiger partial charge in [0.1, 0.15) is 0 Å². The smallest absolute Gasteiger partial charge is 0.219 e. The van der Waals surface area contributed by atoms with Crippen LogP contribution in [0.2, 0.25) is 0 Å². The summed E-state index contributed by atoms with van der Waals surface area (Å²) < 4.78 is 0. The molecule has 0 atom stereocenters. The van der Waals surface area contributed by atoms with Crippen molar-refractivity contribution in [1.29, 1.82) is 0 Å². The lowest BCUT2D eigenvalue weighted by atomic mass is 10.2. The maximum atomic E-state index is 11.5. The van der Waals surface area contributed by atoms with Crippen molar-refractivity contribution in [2.75, 3.05) is 26.2 Å². The molecular weight excluding hydrogens is 242 g/mol. The Balaban J connectivity index is 3.27. The zero-order valence-electron chi connectivity index (χ0n) is 12.4. The number of amides is 2. The summed E-state index contributed by atoms with van der Waals surface area (Å²) in [6.07, 6.45) is 4.66. The molecule has 0 aliphatic carbocycles. The molecule has 2 amide bonds. The highest BCUT2D eigenvalue weighted by molar-refractivity contribution is 5.76. The van der Waals surface area contributed by atoms with Crippen LogP contribution in [-0.2, 0) is 9.59 Å². The van der Waals surface area contributed by atoms with E-state index in [0.717, 1.165) is 45.3 Å². The predicted octanol–water partition coefficient (Wildman–Crippen LogP) is 1.19. The normalized spacial score (nSPS) is 10.2. The second-order valence-electron chi connectivity index (χ2n) is 4.61. The van der Waals surface area contributed by atoms with Crippen molar-refractivity contribution in [3.63, 3.8) is 0 Å². The number of unbranched alkanes of at least 4 members (excludes halogenated alkanes) is 1. The van der Waals surface area contributed by atoms with Gasteiger partial charge in [-0.25, -0.2) is 0 Å². The van der Waals surface area contributed by atoms with Gasteiger partial charge in [0.05, 0.1) is 0 Å². The monoisotopic (exact) mass is 271 g/mol. The summed E-state index contributed by atoms with van der Waals surface area (Å²) in [6.45, 7) is 7.38. The first-order valence-electron chi connectivity index (χ1n) is 7.44. The van der Waals surface area contributed by atoms with Crippen LogP contribution < -0.4 is 16.0 Å². The summed E-state index contributed by atoms with van der Waals surface area (Å²) >= 11 is 0. The molecule has 5 heteroatoms. The third kappa shape index (κ3) is 13.1. The number of hydrogen-bond acceptors (Lipinski definition) is 3. The Labute approximate surface area is 116 Å². The summed E-state index contributed by atoms with van der Waals surface area (Å²) in [5.74, 6) is 0.215. The van der Waals surface area contributed by atoms with Gasteiger partial charge in [-0.3, -0.25) is 9.59 Å². The first-order chi connectivity index (χ1) is 9.20. The minimum atomic E-state index is 0.107. The summed E-state index contributed by atoms with van der Waals surface area (Å²) in [6, 6.07) is 0. The molecule has 0 aromatic rings. The molecule has 0 heterocycles. The van der Waals surface area contributed by atoms with Crippen LogP contribution in [0.1, 0.15) is 52.4 Å². The van der Waals surface area contributed by atoms with Gasteiger partial charge in [-0.2, -0.15) is 0 Å². The number of hydrogen-bond donors (Lipinski definition) is 3. The predicted molar refractivity (Wildman–Crippen MR) is 77.9 cm³/mol. The summed E-state index contributed by atoms with van der Waals surface area (Å²) in [7, 11) is 0. The van der Waals surface area contributed by atoms with Gasteiger partial charge in [-0.1, -0.05) is 13.8 Å². The zero-order valence-corrected chi connectivity index (χ0v) is 12.4. The third-order valence-electron chi connectivity index (χ3n) is 2.73. The largest absolute Gasteiger partial charge is 0.356 e. The summed E-state index contributed by atoms with van der Waals surface area (Å²) in [5, 5.41) is 8.95. The van der Waals surface area contributed by atoms with E-state index in [-0.39, 0.29) is 11.8 Å². The lowest BCUT2D eigenvalue weighted by Gasteiger charge is -2.06. The van der Waals surface area contributed by atoms with Crippen molar-refractivity contribution in [2.24, 2.45) is 0 Å². The number of carbonyl (C=O) groups is 2. The van der Waals surface area contributed by atoms with Gasteiger partial charge in [0, 0.05) is 25.9 Å². The van der Waals surface area contributed by atoms with E-state index in [1.807, 2.05) is 6.92 Å². The molecule has 0 spiro atoms. The van der Waals surface area contributed by atoms with Gasteiger partial charge in [0.15, 0.2) is 0 Å². The first-order valence-corrected chi connectivity index (χ1v) is 7.44. The van der Waals surface area contributed by atoms with E-state index >= 15 is 0 Å². The van der Waals surface area contributed by atoms with Crippen molar-refractivity contribution in [2.45, 2.75) is 52.4 Å². The first kappa shape index (κ1) is 17.9. The molecule has 3 N–H and O–H groups in total. The molecule has 0 rings (SSSR count). The Morgan fingerprint density at radius 2 is 1.42 bits per heavy atom. The van der Waals surface area contributed by atoms with Crippen LogP contribution in [0.5, 0.6) is 0 Å². The fourth-order valence-corrected chi connectivity index (χ4v) is 1.66. The number of carbonyl (C=O) groups excluding carboxylic acids is 2. The van der Waals surface area contributed by atoms with Crippen molar-refractivity contribution in [3.05, 3.63) is 0 Å². The van der Waals surface area contributed by atoms with E-state index in [2.05, 4.69) is 22.9 Å².